The molecule has 0 radical (unpaired) electrons. The summed E-state index contributed by atoms with van der Waals surface area (Å²) >= 11 is 11.9. The van der Waals surface area contributed by atoms with Crippen LogP contribution in [-0.2, 0) is 9.53 Å². The van der Waals surface area contributed by atoms with Crippen LogP contribution in [0.4, 0.5) is 5.69 Å². The molecule has 1 N–H and O–H groups in total. The molecule has 25 heavy (non-hydrogen) atoms. The standard InChI is InChI=1S/C19H19Cl2NO3/c1-11(2)13-7-9-14(10-8-13)22-18(23)12(3)25-19(24)17-15(20)5-4-6-16(17)21/h4-12H,1-3H3,(H,22,23)/t12-/m0/s1. The molecule has 2 aromatic rings. The zero-order valence-electron chi connectivity index (χ0n) is 14.2. The van der Waals surface area contributed by atoms with Crippen molar-refractivity contribution in [2.45, 2.75) is 32.8 Å². The number of carbonyl (C=O) groups excluding carboxylic acids is 2. The summed E-state index contributed by atoms with van der Waals surface area (Å²) in [5.74, 6) is -0.771. The molecule has 0 aliphatic heterocycles. The van der Waals surface area contributed by atoms with E-state index in [1.54, 1.807) is 6.07 Å². The van der Waals surface area contributed by atoms with Crippen molar-refractivity contribution in [2.75, 3.05) is 5.32 Å². The van der Waals surface area contributed by atoms with E-state index in [0.717, 1.165) is 0 Å². The minimum absolute atomic E-state index is 0.0479. The van der Waals surface area contributed by atoms with Crippen molar-refractivity contribution in [3.05, 3.63) is 63.6 Å². The van der Waals surface area contributed by atoms with Crippen LogP contribution in [0.2, 0.25) is 10.0 Å². The molecule has 1 atom stereocenters. The van der Waals surface area contributed by atoms with Crippen LogP contribution in [0.1, 0.15) is 42.6 Å². The van der Waals surface area contributed by atoms with Gasteiger partial charge in [-0.15, -0.1) is 0 Å². The lowest BCUT2D eigenvalue weighted by molar-refractivity contribution is -0.123. The monoisotopic (exact) mass is 379 g/mol. The SMILES string of the molecule is CC(C)c1ccc(NC(=O)[C@H](C)OC(=O)c2c(Cl)cccc2Cl)cc1. The number of nitrogens with one attached hydrogen (secondary N) is 1. The number of anilines is 1. The molecular formula is C19H19Cl2NO3. The Bertz CT molecular complexity index is 752. The fourth-order valence-electron chi connectivity index (χ4n) is 2.16. The molecule has 0 aliphatic rings. The van der Waals surface area contributed by atoms with Crippen LogP contribution >= 0.6 is 23.2 Å². The highest BCUT2D eigenvalue weighted by molar-refractivity contribution is 6.39. The van der Waals surface area contributed by atoms with Gasteiger partial charge in [-0.25, -0.2) is 4.79 Å². The molecule has 6 heteroatoms. The van der Waals surface area contributed by atoms with Gasteiger partial charge in [0.05, 0.1) is 15.6 Å². The molecule has 0 saturated heterocycles. The normalized spacial score (nSPS) is 11.9. The Morgan fingerprint density at radius 1 is 0.960 bits per heavy atom. The third-order valence-corrected chi connectivity index (χ3v) is 4.29. The number of hydrogen-bond acceptors (Lipinski definition) is 3. The predicted octanol–water partition coefficient (Wildman–Crippen LogP) is 5.30. The first-order valence-electron chi connectivity index (χ1n) is 7.85. The van der Waals surface area contributed by atoms with E-state index in [9.17, 15) is 9.59 Å². The minimum atomic E-state index is -0.996. The second-order valence-electron chi connectivity index (χ2n) is 5.91. The molecule has 0 unspecified atom stereocenters. The third kappa shape index (κ3) is 4.97. The van der Waals surface area contributed by atoms with Crippen molar-refractivity contribution in [1.29, 1.82) is 0 Å². The van der Waals surface area contributed by atoms with Gasteiger partial charge in [0, 0.05) is 5.69 Å². The summed E-state index contributed by atoms with van der Waals surface area (Å²) in [6.07, 6.45) is -0.996. The van der Waals surface area contributed by atoms with Crippen LogP contribution in [0.15, 0.2) is 42.5 Å². The van der Waals surface area contributed by atoms with Gasteiger partial charge in [-0.3, -0.25) is 4.79 Å². The van der Waals surface area contributed by atoms with E-state index in [4.69, 9.17) is 27.9 Å². The summed E-state index contributed by atoms with van der Waals surface area (Å²) in [5, 5.41) is 3.06. The predicted molar refractivity (Wildman–Crippen MR) is 101 cm³/mol. The first kappa shape index (κ1) is 19.3. The lowest BCUT2D eigenvalue weighted by Crippen LogP contribution is -2.30. The van der Waals surface area contributed by atoms with Crippen LogP contribution in [0.5, 0.6) is 0 Å². The second kappa shape index (κ2) is 8.37. The molecule has 4 nitrogen and oxygen atoms in total. The van der Waals surface area contributed by atoms with Crippen molar-refractivity contribution >= 4 is 40.8 Å². The zero-order valence-corrected chi connectivity index (χ0v) is 15.7. The van der Waals surface area contributed by atoms with Crippen LogP contribution in [0.25, 0.3) is 0 Å². The average Bonchev–Trinajstić information content (AvgIpc) is 2.55. The van der Waals surface area contributed by atoms with Crippen LogP contribution in [0.3, 0.4) is 0 Å². The first-order valence-corrected chi connectivity index (χ1v) is 8.61. The van der Waals surface area contributed by atoms with E-state index in [-0.39, 0.29) is 15.6 Å². The van der Waals surface area contributed by atoms with Crippen LogP contribution in [0, 0.1) is 0 Å². The topological polar surface area (TPSA) is 55.4 Å². The van der Waals surface area contributed by atoms with Gasteiger partial charge >= 0.3 is 5.97 Å². The number of esters is 1. The van der Waals surface area contributed by atoms with Gasteiger partial charge in [-0.1, -0.05) is 55.2 Å². The largest absolute Gasteiger partial charge is 0.449 e. The highest BCUT2D eigenvalue weighted by Crippen LogP contribution is 2.25. The Kier molecular flexibility index (Phi) is 6.45. The van der Waals surface area contributed by atoms with E-state index < -0.39 is 18.0 Å². The van der Waals surface area contributed by atoms with E-state index in [0.29, 0.717) is 11.6 Å². The van der Waals surface area contributed by atoms with Gasteiger partial charge in [0.2, 0.25) is 0 Å². The lowest BCUT2D eigenvalue weighted by atomic mass is 10.0. The summed E-state index contributed by atoms with van der Waals surface area (Å²) in [5.41, 5.74) is 1.85. The molecule has 0 saturated carbocycles. The number of hydrogen-bond donors (Lipinski definition) is 1. The number of halogens is 2. The molecule has 132 valence electrons. The number of carbonyl (C=O) groups is 2. The average molecular weight is 380 g/mol. The van der Waals surface area contributed by atoms with Gasteiger partial charge in [0.15, 0.2) is 6.10 Å². The van der Waals surface area contributed by atoms with Crippen LogP contribution in [-0.4, -0.2) is 18.0 Å². The Labute approximate surface area is 157 Å². The maximum absolute atomic E-state index is 12.2. The Morgan fingerprint density at radius 3 is 2.04 bits per heavy atom. The lowest BCUT2D eigenvalue weighted by Gasteiger charge is -2.15. The Balaban J connectivity index is 2.01. The summed E-state index contributed by atoms with van der Waals surface area (Å²) in [4.78, 5) is 24.4. The maximum atomic E-state index is 12.2. The van der Waals surface area contributed by atoms with Crippen LogP contribution < -0.4 is 5.32 Å². The molecule has 0 aromatic heterocycles. The van der Waals surface area contributed by atoms with Crippen molar-refractivity contribution in [3.8, 4) is 0 Å². The molecule has 0 heterocycles. The van der Waals surface area contributed by atoms with Crippen molar-refractivity contribution in [3.63, 3.8) is 0 Å². The molecular weight excluding hydrogens is 361 g/mol. The second-order valence-corrected chi connectivity index (χ2v) is 6.72. The quantitative estimate of drug-likeness (QED) is 0.716. The van der Waals surface area contributed by atoms with Crippen molar-refractivity contribution < 1.29 is 14.3 Å². The maximum Gasteiger partial charge on any atom is 0.341 e. The van der Waals surface area contributed by atoms with Crippen molar-refractivity contribution in [1.82, 2.24) is 0 Å². The minimum Gasteiger partial charge on any atom is -0.449 e. The fraction of sp³-hybridized carbons (Fsp3) is 0.263. The summed E-state index contributed by atoms with van der Waals surface area (Å²) in [6, 6.07) is 12.2. The molecule has 2 aromatic carbocycles. The van der Waals surface area contributed by atoms with E-state index in [1.807, 2.05) is 24.3 Å². The van der Waals surface area contributed by atoms with Gasteiger partial charge in [-0.2, -0.15) is 0 Å². The highest BCUT2D eigenvalue weighted by atomic mass is 35.5. The van der Waals surface area contributed by atoms with Gasteiger partial charge in [0.25, 0.3) is 5.91 Å². The van der Waals surface area contributed by atoms with E-state index in [2.05, 4.69) is 19.2 Å². The summed E-state index contributed by atoms with van der Waals surface area (Å²) < 4.78 is 5.17. The molecule has 0 fully saturated rings. The van der Waals surface area contributed by atoms with E-state index in [1.165, 1.54) is 24.6 Å². The number of ether oxygens (including phenoxy) is 1. The van der Waals surface area contributed by atoms with Gasteiger partial charge in [0.1, 0.15) is 0 Å². The smallest absolute Gasteiger partial charge is 0.341 e. The highest BCUT2D eigenvalue weighted by Gasteiger charge is 2.22. The van der Waals surface area contributed by atoms with E-state index >= 15 is 0 Å². The number of benzene rings is 2. The molecule has 2 rings (SSSR count). The number of amides is 1. The van der Waals surface area contributed by atoms with Gasteiger partial charge in [-0.05, 0) is 42.7 Å². The number of rotatable bonds is 5. The first-order chi connectivity index (χ1) is 11.8. The van der Waals surface area contributed by atoms with Gasteiger partial charge < -0.3 is 10.1 Å². The molecule has 1 amide bonds. The van der Waals surface area contributed by atoms with Crippen molar-refractivity contribution in [2.24, 2.45) is 0 Å². The molecule has 0 spiro atoms. The third-order valence-electron chi connectivity index (χ3n) is 3.66. The Hall–Kier alpha value is -2.04. The Morgan fingerprint density at radius 2 is 1.52 bits per heavy atom. The summed E-state index contributed by atoms with van der Waals surface area (Å²) in [7, 11) is 0. The molecule has 0 aliphatic carbocycles. The zero-order chi connectivity index (χ0) is 18.6. The fourth-order valence-corrected chi connectivity index (χ4v) is 2.71. The molecule has 0 bridgehead atoms. The summed E-state index contributed by atoms with van der Waals surface area (Å²) in [6.45, 7) is 5.67.